The van der Waals surface area contributed by atoms with Gasteiger partial charge in [0.15, 0.2) is 0 Å². The van der Waals surface area contributed by atoms with E-state index >= 15 is 0 Å². The molecular weight excluding hydrogens is 441 g/mol. The molecule has 8 heteroatoms. The van der Waals surface area contributed by atoms with E-state index in [0.29, 0.717) is 23.5 Å². The Hall–Kier alpha value is -3.94. The molecule has 0 aliphatic heterocycles. The molecular formula is C27H28BN3O4. The van der Waals surface area contributed by atoms with Gasteiger partial charge in [0.1, 0.15) is 19.4 Å². The Morgan fingerprint density at radius 2 is 1.74 bits per heavy atom. The van der Waals surface area contributed by atoms with Gasteiger partial charge in [0, 0.05) is 36.4 Å². The van der Waals surface area contributed by atoms with Crippen molar-refractivity contribution in [2.24, 2.45) is 5.92 Å². The van der Waals surface area contributed by atoms with Crippen molar-refractivity contribution in [2.45, 2.75) is 26.2 Å². The zero-order valence-electron chi connectivity index (χ0n) is 20.3. The summed E-state index contributed by atoms with van der Waals surface area (Å²) in [5, 5.41) is 0. The summed E-state index contributed by atoms with van der Waals surface area (Å²) in [6.07, 6.45) is 6.48. The topological polar surface area (TPSA) is 81.6 Å². The van der Waals surface area contributed by atoms with Crippen LogP contribution in [0.15, 0.2) is 67.0 Å². The molecule has 2 aromatic heterocycles. The highest BCUT2D eigenvalue weighted by Crippen LogP contribution is 2.27. The third-order valence-electron chi connectivity index (χ3n) is 5.27. The quantitative estimate of drug-likeness (QED) is 0.259. The number of esters is 1. The second kappa shape index (κ2) is 12.0. The fraction of sp³-hybridized carbons (Fsp3) is 0.259. The Labute approximate surface area is 207 Å². The third-order valence-corrected chi connectivity index (χ3v) is 5.27. The van der Waals surface area contributed by atoms with Crippen molar-refractivity contribution in [1.82, 2.24) is 9.97 Å². The van der Waals surface area contributed by atoms with Crippen LogP contribution in [0, 0.1) is 5.92 Å². The lowest BCUT2D eigenvalue weighted by molar-refractivity contribution is -0.134. The number of benzene rings is 1. The number of pyridine rings is 2. The average Bonchev–Trinajstić information content (AvgIpc) is 2.87. The molecule has 1 amide bonds. The van der Waals surface area contributed by atoms with Crippen LogP contribution in [0.25, 0.3) is 17.2 Å². The molecule has 3 aromatic rings. The smallest absolute Gasteiger partial charge is 0.330 e. The molecule has 0 saturated carbocycles. The molecule has 0 bridgehead atoms. The van der Waals surface area contributed by atoms with E-state index < -0.39 is 11.9 Å². The van der Waals surface area contributed by atoms with Gasteiger partial charge in [-0.3, -0.25) is 14.7 Å². The van der Waals surface area contributed by atoms with Crippen LogP contribution in [0.2, 0.25) is 0 Å². The van der Waals surface area contributed by atoms with E-state index in [1.165, 1.54) is 18.1 Å². The summed E-state index contributed by atoms with van der Waals surface area (Å²) < 4.78 is 9.85. The van der Waals surface area contributed by atoms with Gasteiger partial charge in [-0.25, -0.2) is 9.78 Å². The lowest BCUT2D eigenvalue weighted by Crippen LogP contribution is -2.37. The molecule has 0 saturated heterocycles. The number of nitrogens with zero attached hydrogens (tertiary/aromatic N) is 3. The maximum atomic E-state index is 13.2. The van der Waals surface area contributed by atoms with E-state index in [1.54, 1.807) is 43.8 Å². The minimum Gasteiger partial charge on any atom is -0.497 e. The molecule has 178 valence electrons. The van der Waals surface area contributed by atoms with Gasteiger partial charge < -0.3 is 9.47 Å². The molecule has 7 nitrogen and oxygen atoms in total. The van der Waals surface area contributed by atoms with Crippen molar-refractivity contribution in [1.29, 1.82) is 0 Å². The number of hydrogen-bond donors (Lipinski definition) is 0. The maximum absolute atomic E-state index is 13.2. The zero-order chi connectivity index (χ0) is 25.4. The lowest BCUT2D eigenvalue weighted by Gasteiger charge is -2.29. The Kier molecular flexibility index (Phi) is 8.78. The van der Waals surface area contributed by atoms with E-state index in [1.807, 2.05) is 44.2 Å². The first-order valence-electron chi connectivity index (χ1n) is 11.2. The summed E-state index contributed by atoms with van der Waals surface area (Å²) in [4.78, 5) is 35.1. The maximum Gasteiger partial charge on any atom is 0.330 e. The third kappa shape index (κ3) is 6.79. The molecule has 0 aliphatic carbocycles. The molecule has 2 radical (unpaired) electrons. The Bertz CT molecular complexity index is 1180. The van der Waals surface area contributed by atoms with Crippen molar-refractivity contribution in [3.05, 3.63) is 78.3 Å². The second-order valence-corrected chi connectivity index (χ2v) is 8.31. The minimum absolute atomic E-state index is 0.130. The number of carbonyl (C=O) groups is 2. The molecule has 35 heavy (non-hydrogen) atoms. The fourth-order valence-electron chi connectivity index (χ4n) is 3.44. The highest BCUT2D eigenvalue weighted by molar-refractivity contribution is 6.17. The van der Waals surface area contributed by atoms with Crippen LogP contribution >= 0.6 is 0 Å². The lowest BCUT2D eigenvalue weighted by atomic mass is 9.89. The van der Waals surface area contributed by atoms with Crippen molar-refractivity contribution in [2.75, 3.05) is 19.1 Å². The van der Waals surface area contributed by atoms with Gasteiger partial charge in [-0.1, -0.05) is 32.0 Å². The second-order valence-electron chi connectivity index (χ2n) is 8.31. The van der Waals surface area contributed by atoms with Gasteiger partial charge in [-0.05, 0) is 53.5 Å². The molecule has 3 rings (SSSR count). The molecule has 0 aliphatic rings. The summed E-state index contributed by atoms with van der Waals surface area (Å²) in [7, 11) is 9.49. The van der Waals surface area contributed by atoms with Gasteiger partial charge in [0.25, 0.3) is 0 Å². The summed E-state index contributed by atoms with van der Waals surface area (Å²) in [5.74, 6) is -0.223. The average molecular weight is 469 g/mol. The van der Waals surface area contributed by atoms with Crippen LogP contribution in [0.4, 0.5) is 5.82 Å². The van der Waals surface area contributed by atoms with Crippen molar-refractivity contribution < 1.29 is 19.1 Å². The number of methoxy groups -OCH3 is 2. The molecule has 0 fully saturated rings. The molecule has 1 atom stereocenters. The van der Waals surface area contributed by atoms with Crippen LogP contribution in [0.5, 0.6) is 5.75 Å². The summed E-state index contributed by atoms with van der Waals surface area (Å²) in [6, 6.07) is 14.8. The molecule has 0 spiro atoms. The molecule has 2 heterocycles. The Morgan fingerprint density at radius 1 is 1.03 bits per heavy atom. The highest BCUT2D eigenvalue weighted by atomic mass is 16.5. The summed E-state index contributed by atoms with van der Waals surface area (Å²) in [5.41, 5.74) is 3.10. The number of anilines is 1. The van der Waals surface area contributed by atoms with E-state index in [0.717, 1.165) is 16.9 Å². The van der Waals surface area contributed by atoms with Crippen molar-refractivity contribution in [3.8, 4) is 16.9 Å². The number of hydrogen-bond acceptors (Lipinski definition) is 6. The van der Waals surface area contributed by atoms with Gasteiger partial charge in [0.2, 0.25) is 5.91 Å². The van der Waals surface area contributed by atoms with E-state index in [9.17, 15) is 9.59 Å². The first-order valence-corrected chi connectivity index (χ1v) is 11.2. The Morgan fingerprint density at radius 3 is 2.34 bits per heavy atom. The van der Waals surface area contributed by atoms with Crippen molar-refractivity contribution in [3.63, 3.8) is 0 Å². The van der Waals surface area contributed by atoms with Crippen LogP contribution in [-0.2, 0) is 14.3 Å². The molecule has 1 unspecified atom stereocenters. The predicted octanol–water partition coefficient (Wildman–Crippen LogP) is 4.58. The minimum atomic E-state index is -0.849. The predicted molar refractivity (Wildman–Crippen MR) is 137 cm³/mol. The number of aromatic nitrogens is 2. The van der Waals surface area contributed by atoms with Crippen LogP contribution < -0.4 is 9.64 Å². The van der Waals surface area contributed by atoms with Crippen LogP contribution in [0.1, 0.15) is 37.5 Å². The van der Waals surface area contributed by atoms with Crippen LogP contribution in [-0.4, -0.2) is 43.9 Å². The van der Waals surface area contributed by atoms with Gasteiger partial charge in [-0.2, -0.15) is 0 Å². The monoisotopic (exact) mass is 469 g/mol. The zero-order valence-corrected chi connectivity index (χ0v) is 20.3. The Balaban J connectivity index is 1.91. The number of carbonyl (C=O) groups excluding carboxylic acids is 2. The van der Waals surface area contributed by atoms with Gasteiger partial charge in [0.05, 0.1) is 19.9 Å². The van der Waals surface area contributed by atoms with E-state index in [2.05, 4.69) is 14.7 Å². The number of rotatable bonds is 9. The fourth-order valence-corrected chi connectivity index (χ4v) is 3.44. The van der Waals surface area contributed by atoms with Gasteiger partial charge >= 0.3 is 5.97 Å². The van der Waals surface area contributed by atoms with Crippen molar-refractivity contribution >= 4 is 31.6 Å². The summed E-state index contributed by atoms with van der Waals surface area (Å²) in [6.45, 7) is 3.93. The first kappa shape index (κ1) is 25.7. The SMILES string of the molecule is [B]C(c1ccc(-c2ccc(OC)cc2)cn1)N(C(=O)CC(C)C)c1cc(/C=C/C(=O)OC)ccn1. The van der Waals surface area contributed by atoms with E-state index in [4.69, 9.17) is 12.6 Å². The van der Waals surface area contributed by atoms with Crippen LogP contribution in [0.3, 0.4) is 0 Å². The number of amides is 1. The number of ether oxygens (including phenoxy) is 2. The standard InChI is InChI=1S/C27H28BN3O4/c1-18(2)15-25(32)31(24-16-19(13-14-29-24)5-12-26(33)35-4)27(28)23-11-8-21(17-30-23)20-6-9-22(34-3)10-7-20/h5-14,16-18,27H,15H2,1-4H3/b12-5+. The first-order chi connectivity index (χ1) is 16.8. The van der Waals surface area contributed by atoms with Gasteiger partial charge in [-0.15, -0.1) is 0 Å². The normalized spacial score (nSPS) is 11.9. The largest absolute Gasteiger partial charge is 0.497 e. The van der Waals surface area contributed by atoms with E-state index in [-0.39, 0.29) is 11.8 Å². The molecule has 1 aromatic carbocycles. The summed E-state index contributed by atoms with van der Waals surface area (Å²) >= 11 is 0. The molecule has 0 N–H and O–H groups in total. The highest BCUT2D eigenvalue weighted by Gasteiger charge is 2.25.